The summed E-state index contributed by atoms with van der Waals surface area (Å²) in [4.78, 5) is 12.0. The lowest BCUT2D eigenvalue weighted by Crippen LogP contribution is -2.11. The topological polar surface area (TPSA) is 22.0 Å². The molecule has 0 N–H and O–H groups in total. The quantitative estimate of drug-likeness (QED) is 0.722. The number of carbonyl (C=O) groups excluding carboxylic acids is 1. The number of allylic oxidation sites excluding steroid dienone is 1. The van der Waals surface area contributed by atoms with Gasteiger partial charge < -0.3 is 0 Å². The Morgan fingerprint density at radius 1 is 1.13 bits per heavy atom. The molecule has 2 rings (SSSR count). The Hall–Kier alpha value is -1.31. The number of rotatable bonds is 2. The molecule has 0 spiro atoms. The highest BCUT2D eigenvalue weighted by molar-refractivity contribution is 6.05. The monoisotopic (exact) mass is 203 g/mol. The van der Waals surface area contributed by atoms with E-state index >= 15 is 0 Å². The molecule has 0 unspecified atom stereocenters. The van der Waals surface area contributed by atoms with E-state index < -0.39 is 0 Å². The van der Waals surface area contributed by atoms with Gasteiger partial charge in [-0.1, -0.05) is 27.7 Å². The molecule has 2 heterocycles. The van der Waals surface area contributed by atoms with Crippen molar-refractivity contribution in [2.24, 2.45) is 5.92 Å². The lowest BCUT2D eigenvalue weighted by molar-refractivity contribution is 0.0952. The lowest BCUT2D eigenvalue weighted by Gasteiger charge is -2.05. The number of hydrogen-bond donors (Lipinski definition) is 0. The number of fused-ring (bicyclic) bond motifs is 1. The molecule has 0 aromatic carbocycles. The van der Waals surface area contributed by atoms with Crippen LogP contribution in [0.15, 0.2) is 17.8 Å². The summed E-state index contributed by atoms with van der Waals surface area (Å²) in [6.07, 6.45) is 3.98. The summed E-state index contributed by atoms with van der Waals surface area (Å²) < 4.78 is 1.77. The van der Waals surface area contributed by atoms with E-state index in [1.807, 2.05) is 12.3 Å². The molecule has 15 heavy (non-hydrogen) atoms. The third-order valence-electron chi connectivity index (χ3n) is 2.93. The zero-order valence-corrected chi connectivity index (χ0v) is 9.74. The number of hydrogen-bond acceptors (Lipinski definition) is 1. The van der Waals surface area contributed by atoms with Crippen LogP contribution in [0, 0.1) is 5.92 Å². The molecule has 1 aromatic rings. The molecular weight excluding hydrogens is 186 g/mol. The maximum absolute atomic E-state index is 12.0. The fraction of sp³-hybridized carbons (Fsp3) is 0.462. The van der Waals surface area contributed by atoms with Crippen LogP contribution in [-0.2, 0) is 0 Å². The van der Waals surface area contributed by atoms with Crippen molar-refractivity contribution in [1.82, 2.24) is 4.57 Å². The van der Waals surface area contributed by atoms with E-state index in [1.165, 1.54) is 5.56 Å². The van der Waals surface area contributed by atoms with Crippen molar-refractivity contribution in [2.45, 2.75) is 33.6 Å². The Balaban J connectivity index is 2.42. The van der Waals surface area contributed by atoms with Crippen LogP contribution in [0.4, 0.5) is 0 Å². The van der Waals surface area contributed by atoms with Crippen LogP contribution in [-0.4, -0.2) is 10.5 Å². The second kappa shape index (κ2) is 3.37. The molecule has 0 amide bonds. The minimum atomic E-state index is 0.145. The minimum absolute atomic E-state index is 0.145. The SMILES string of the molecule is CC(C)C1=Cc2cc(C(C)C)cn2C1=O. The van der Waals surface area contributed by atoms with Crippen molar-refractivity contribution >= 4 is 12.0 Å². The summed E-state index contributed by atoms with van der Waals surface area (Å²) in [5, 5.41) is 0. The van der Waals surface area contributed by atoms with E-state index in [0.717, 1.165) is 11.3 Å². The van der Waals surface area contributed by atoms with E-state index in [-0.39, 0.29) is 5.91 Å². The number of nitrogens with zero attached hydrogens (tertiary/aromatic N) is 1. The van der Waals surface area contributed by atoms with Gasteiger partial charge in [-0.3, -0.25) is 9.36 Å². The molecule has 0 saturated heterocycles. The molecule has 1 aromatic heterocycles. The van der Waals surface area contributed by atoms with Crippen LogP contribution in [0.3, 0.4) is 0 Å². The Bertz CT molecular complexity index is 435. The average molecular weight is 203 g/mol. The van der Waals surface area contributed by atoms with Gasteiger partial charge in [-0.25, -0.2) is 0 Å². The van der Waals surface area contributed by atoms with Gasteiger partial charge in [0, 0.05) is 17.5 Å². The predicted molar refractivity (Wildman–Crippen MR) is 62.0 cm³/mol. The molecule has 0 fully saturated rings. The van der Waals surface area contributed by atoms with Crippen molar-refractivity contribution in [3.63, 3.8) is 0 Å². The van der Waals surface area contributed by atoms with Crippen LogP contribution in [0.2, 0.25) is 0 Å². The Morgan fingerprint density at radius 3 is 2.27 bits per heavy atom. The van der Waals surface area contributed by atoms with Crippen molar-refractivity contribution in [2.75, 3.05) is 0 Å². The van der Waals surface area contributed by atoms with Gasteiger partial charge in [0.05, 0.1) is 0 Å². The molecule has 0 radical (unpaired) electrons. The van der Waals surface area contributed by atoms with E-state index in [2.05, 4.69) is 33.8 Å². The molecule has 1 aliphatic heterocycles. The fourth-order valence-electron chi connectivity index (χ4n) is 1.88. The zero-order valence-electron chi connectivity index (χ0n) is 9.74. The van der Waals surface area contributed by atoms with E-state index in [4.69, 9.17) is 0 Å². The molecule has 0 atom stereocenters. The van der Waals surface area contributed by atoms with Crippen molar-refractivity contribution in [1.29, 1.82) is 0 Å². The zero-order chi connectivity index (χ0) is 11.2. The first-order chi connectivity index (χ1) is 7.00. The van der Waals surface area contributed by atoms with Gasteiger partial charge in [0.25, 0.3) is 5.91 Å². The van der Waals surface area contributed by atoms with Gasteiger partial charge in [0.1, 0.15) is 0 Å². The molecule has 0 saturated carbocycles. The normalized spacial score (nSPS) is 15.1. The van der Waals surface area contributed by atoms with Crippen LogP contribution in [0.1, 0.15) is 49.7 Å². The summed E-state index contributed by atoms with van der Waals surface area (Å²) in [6, 6.07) is 2.11. The van der Waals surface area contributed by atoms with Gasteiger partial charge in [-0.2, -0.15) is 0 Å². The minimum Gasteiger partial charge on any atom is -0.284 e. The van der Waals surface area contributed by atoms with Gasteiger partial charge >= 0.3 is 0 Å². The van der Waals surface area contributed by atoms with Gasteiger partial charge in [0.15, 0.2) is 0 Å². The van der Waals surface area contributed by atoms with E-state index in [0.29, 0.717) is 11.8 Å². The maximum Gasteiger partial charge on any atom is 0.258 e. The van der Waals surface area contributed by atoms with Crippen molar-refractivity contribution < 1.29 is 4.79 Å². The highest BCUT2D eigenvalue weighted by Crippen LogP contribution is 2.28. The number of carbonyl (C=O) groups is 1. The van der Waals surface area contributed by atoms with Crippen molar-refractivity contribution in [3.05, 3.63) is 29.1 Å². The lowest BCUT2D eigenvalue weighted by atomic mass is 10.0. The van der Waals surface area contributed by atoms with E-state index in [9.17, 15) is 4.79 Å². The highest BCUT2D eigenvalue weighted by atomic mass is 16.2. The summed E-state index contributed by atoms with van der Waals surface area (Å²) in [5.41, 5.74) is 3.19. The summed E-state index contributed by atoms with van der Waals surface area (Å²) in [6.45, 7) is 8.39. The van der Waals surface area contributed by atoms with Crippen LogP contribution >= 0.6 is 0 Å². The highest BCUT2D eigenvalue weighted by Gasteiger charge is 2.24. The number of aromatic nitrogens is 1. The third-order valence-corrected chi connectivity index (χ3v) is 2.93. The Kier molecular flexibility index (Phi) is 2.29. The second-order valence-corrected chi connectivity index (χ2v) is 4.78. The largest absolute Gasteiger partial charge is 0.284 e. The molecule has 0 aliphatic carbocycles. The van der Waals surface area contributed by atoms with Crippen LogP contribution in [0.25, 0.3) is 6.08 Å². The summed E-state index contributed by atoms with van der Waals surface area (Å²) in [7, 11) is 0. The molecule has 80 valence electrons. The molecular formula is C13H17NO. The smallest absolute Gasteiger partial charge is 0.258 e. The second-order valence-electron chi connectivity index (χ2n) is 4.78. The van der Waals surface area contributed by atoms with Crippen LogP contribution in [0.5, 0.6) is 0 Å². The maximum atomic E-state index is 12.0. The first-order valence-electron chi connectivity index (χ1n) is 5.49. The van der Waals surface area contributed by atoms with Gasteiger partial charge in [0.2, 0.25) is 0 Å². The summed E-state index contributed by atoms with van der Waals surface area (Å²) >= 11 is 0. The summed E-state index contributed by atoms with van der Waals surface area (Å²) in [5.74, 6) is 0.929. The third kappa shape index (κ3) is 1.54. The Labute approximate surface area is 90.6 Å². The van der Waals surface area contributed by atoms with Gasteiger partial charge in [-0.15, -0.1) is 0 Å². The van der Waals surface area contributed by atoms with Crippen molar-refractivity contribution in [3.8, 4) is 0 Å². The first kappa shape index (κ1) is 10.2. The molecule has 2 nitrogen and oxygen atoms in total. The fourth-order valence-corrected chi connectivity index (χ4v) is 1.88. The van der Waals surface area contributed by atoms with Crippen LogP contribution < -0.4 is 0 Å². The average Bonchev–Trinajstić information content (AvgIpc) is 2.65. The first-order valence-corrected chi connectivity index (χ1v) is 5.49. The molecule has 0 bridgehead atoms. The molecule has 1 aliphatic rings. The predicted octanol–water partition coefficient (Wildman–Crippen LogP) is 3.30. The molecule has 2 heteroatoms. The van der Waals surface area contributed by atoms with Gasteiger partial charge in [-0.05, 0) is 29.5 Å². The Morgan fingerprint density at radius 2 is 1.80 bits per heavy atom. The van der Waals surface area contributed by atoms with E-state index in [1.54, 1.807) is 4.57 Å². The standard InChI is InChI=1S/C13H17NO/c1-8(2)10-5-11-6-12(9(3)4)13(15)14(11)7-10/h5-9H,1-4H3.